The molecule has 1 fully saturated rings. The first-order valence-electron chi connectivity index (χ1n) is 8.60. The minimum atomic E-state index is -0.123. The van der Waals surface area contributed by atoms with Crippen molar-refractivity contribution in [2.45, 2.75) is 46.2 Å². The number of nitrogens with one attached hydrogen (secondary N) is 1. The van der Waals surface area contributed by atoms with E-state index in [9.17, 15) is 4.79 Å². The minimum absolute atomic E-state index is 0.0392. The van der Waals surface area contributed by atoms with Gasteiger partial charge < -0.3 is 15.1 Å². The second-order valence-electron chi connectivity index (χ2n) is 7.79. The first kappa shape index (κ1) is 19.1. The standard InChI is InChI=1S/C19H30ClN3O/c1-13-8-7-9-15(17(13)20)14(2)21-18(24)23(6)16-10-11-22(5)12-19(16,3)4/h7-9,14,16H,10-12H2,1-6H3,(H,21,24). The van der Waals surface area contributed by atoms with Gasteiger partial charge in [-0.05, 0) is 50.4 Å². The van der Waals surface area contributed by atoms with Crippen LogP contribution in [0.2, 0.25) is 5.02 Å². The van der Waals surface area contributed by atoms with Crippen molar-refractivity contribution in [3.8, 4) is 0 Å². The highest BCUT2D eigenvalue weighted by Gasteiger charge is 2.38. The second kappa shape index (κ2) is 7.32. The zero-order chi connectivity index (χ0) is 18.1. The molecule has 0 aliphatic carbocycles. The molecule has 0 saturated carbocycles. The molecule has 1 aliphatic rings. The molecule has 0 aromatic heterocycles. The SMILES string of the molecule is Cc1cccc(C(C)NC(=O)N(C)C2CCN(C)CC2(C)C)c1Cl. The van der Waals surface area contributed by atoms with Crippen molar-refractivity contribution >= 4 is 17.6 Å². The molecule has 0 bridgehead atoms. The highest BCUT2D eigenvalue weighted by atomic mass is 35.5. The smallest absolute Gasteiger partial charge is 0.317 e. The lowest BCUT2D eigenvalue weighted by molar-refractivity contribution is 0.0446. The fourth-order valence-electron chi connectivity index (χ4n) is 3.84. The minimum Gasteiger partial charge on any atom is -0.331 e. The van der Waals surface area contributed by atoms with Crippen LogP contribution in [0, 0.1) is 12.3 Å². The maximum Gasteiger partial charge on any atom is 0.317 e. The topological polar surface area (TPSA) is 35.6 Å². The lowest BCUT2D eigenvalue weighted by atomic mass is 9.78. The van der Waals surface area contributed by atoms with Crippen LogP contribution in [-0.2, 0) is 0 Å². The summed E-state index contributed by atoms with van der Waals surface area (Å²) in [5.41, 5.74) is 2.06. The van der Waals surface area contributed by atoms with Crippen LogP contribution in [0.15, 0.2) is 18.2 Å². The lowest BCUT2D eigenvalue weighted by Gasteiger charge is -2.47. The van der Waals surface area contributed by atoms with Gasteiger partial charge in [-0.15, -0.1) is 0 Å². The van der Waals surface area contributed by atoms with Crippen LogP contribution in [0.1, 0.15) is 44.4 Å². The molecule has 4 nitrogen and oxygen atoms in total. The largest absolute Gasteiger partial charge is 0.331 e. The molecule has 24 heavy (non-hydrogen) atoms. The van der Waals surface area contributed by atoms with E-state index in [0.29, 0.717) is 0 Å². The molecule has 1 saturated heterocycles. The van der Waals surface area contributed by atoms with Crippen molar-refractivity contribution in [3.63, 3.8) is 0 Å². The summed E-state index contributed by atoms with van der Waals surface area (Å²) in [7, 11) is 4.04. The van der Waals surface area contributed by atoms with Crippen LogP contribution in [0.5, 0.6) is 0 Å². The number of urea groups is 1. The molecule has 1 heterocycles. The van der Waals surface area contributed by atoms with E-state index >= 15 is 0 Å². The number of likely N-dealkylation sites (tertiary alicyclic amines) is 1. The Hall–Kier alpha value is -1.26. The molecule has 134 valence electrons. The van der Waals surface area contributed by atoms with Gasteiger partial charge in [-0.25, -0.2) is 4.79 Å². The summed E-state index contributed by atoms with van der Waals surface area (Å²) in [5, 5.41) is 3.83. The van der Waals surface area contributed by atoms with Gasteiger partial charge in [-0.2, -0.15) is 0 Å². The molecule has 2 atom stereocenters. The van der Waals surface area contributed by atoms with E-state index in [1.165, 1.54) is 0 Å². The Morgan fingerprint density at radius 1 is 1.46 bits per heavy atom. The monoisotopic (exact) mass is 351 g/mol. The summed E-state index contributed by atoms with van der Waals surface area (Å²) < 4.78 is 0. The Balaban J connectivity index is 2.07. The van der Waals surface area contributed by atoms with Gasteiger partial charge in [-0.3, -0.25) is 0 Å². The van der Waals surface area contributed by atoms with E-state index in [0.717, 1.165) is 35.7 Å². The van der Waals surface area contributed by atoms with Gasteiger partial charge >= 0.3 is 6.03 Å². The molecular formula is C19H30ClN3O. The number of nitrogens with zero attached hydrogens (tertiary/aromatic N) is 2. The Labute approximate surface area is 151 Å². The van der Waals surface area contributed by atoms with E-state index in [1.54, 1.807) is 0 Å². The summed E-state index contributed by atoms with van der Waals surface area (Å²) in [5.74, 6) is 0. The average Bonchev–Trinajstić information content (AvgIpc) is 2.48. The molecule has 0 radical (unpaired) electrons. The number of carbonyl (C=O) groups is 1. The van der Waals surface area contributed by atoms with Crippen molar-refractivity contribution in [1.82, 2.24) is 15.1 Å². The average molecular weight is 352 g/mol. The summed E-state index contributed by atoms with van der Waals surface area (Å²) >= 11 is 6.39. The fourth-order valence-corrected chi connectivity index (χ4v) is 4.13. The van der Waals surface area contributed by atoms with E-state index in [-0.39, 0.29) is 23.5 Å². The summed E-state index contributed by atoms with van der Waals surface area (Å²) in [6.45, 7) is 10.4. The molecule has 5 heteroatoms. The number of benzene rings is 1. The van der Waals surface area contributed by atoms with E-state index in [4.69, 9.17) is 11.6 Å². The lowest BCUT2D eigenvalue weighted by Crippen LogP contribution is -2.57. The Kier molecular flexibility index (Phi) is 5.82. The molecule has 1 aromatic rings. The summed E-state index contributed by atoms with van der Waals surface area (Å²) in [6.07, 6.45) is 0.993. The van der Waals surface area contributed by atoms with Gasteiger partial charge in [0.2, 0.25) is 0 Å². The summed E-state index contributed by atoms with van der Waals surface area (Å²) in [6, 6.07) is 5.99. The van der Waals surface area contributed by atoms with Gasteiger partial charge in [-0.1, -0.05) is 43.6 Å². The maximum atomic E-state index is 12.7. The van der Waals surface area contributed by atoms with Crippen LogP contribution in [0.25, 0.3) is 0 Å². The molecule has 2 rings (SSSR count). The summed E-state index contributed by atoms with van der Waals surface area (Å²) in [4.78, 5) is 16.9. The van der Waals surface area contributed by atoms with Crippen molar-refractivity contribution in [3.05, 3.63) is 34.3 Å². The van der Waals surface area contributed by atoms with Gasteiger partial charge in [0.05, 0.1) is 6.04 Å². The van der Waals surface area contributed by atoms with Crippen LogP contribution in [0.3, 0.4) is 0 Å². The van der Waals surface area contributed by atoms with E-state index < -0.39 is 0 Å². The zero-order valence-electron chi connectivity index (χ0n) is 15.7. The molecule has 2 unspecified atom stereocenters. The van der Waals surface area contributed by atoms with Gasteiger partial charge in [0.25, 0.3) is 0 Å². The van der Waals surface area contributed by atoms with Crippen LogP contribution in [-0.4, -0.2) is 49.1 Å². The molecule has 0 spiro atoms. The molecular weight excluding hydrogens is 322 g/mol. The van der Waals surface area contributed by atoms with Gasteiger partial charge in [0.1, 0.15) is 0 Å². The normalized spacial score (nSPS) is 22.0. The number of halogens is 1. The Morgan fingerprint density at radius 2 is 2.12 bits per heavy atom. The molecule has 1 aliphatic heterocycles. The fraction of sp³-hybridized carbons (Fsp3) is 0.632. The quantitative estimate of drug-likeness (QED) is 0.890. The third kappa shape index (κ3) is 4.04. The predicted molar refractivity (Wildman–Crippen MR) is 101 cm³/mol. The van der Waals surface area contributed by atoms with Crippen molar-refractivity contribution in [1.29, 1.82) is 0 Å². The Morgan fingerprint density at radius 3 is 2.75 bits per heavy atom. The first-order valence-corrected chi connectivity index (χ1v) is 8.98. The zero-order valence-corrected chi connectivity index (χ0v) is 16.4. The van der Waals surface area contributed by atoms with Crippen LogP contribution < -0.4 is 5.32 Å². The number of aryl methyl sites for hydroxylation is 1. The van der Waals surface area contributed by atoms with E-state index in [2.05, 4.69) is 31.1 Å². The predicted octanol–water partition coefficient (Wildman–Crippen LogP) is 4.08. The van der Waals surface area contributed by atoms with Crippen LogP contribution >= 0.6 is 11.6 Å². The van der Waals surface area contributed by atoms with Gasteiger partial charge in [0.15, 0.2) is 0 Å². The van der Waals surface area contributed by atoms with Crippen LogP contribution in [0.4, 0.5) is 4.79 Å². The highest BCUT2D eigenvalue weighted by molar-refractivity contribution is 6.32. The third-order valence-corrected chi connectivity index (χ3v) is 5.70. The van der Waals surface area contributed by atoms with Gasteiger partial charge in [0, 0.05) is 24.7 Å². The number of amides is 2. The van der Waals surface area contributed by atoms with Crippen molar-refractivity contribution in [2.75, 3.05) is 27.2 Å². The number of hydrogen-bond donors (Lipinski definition) is 1. The number of carbonyl (C=O) groups excluding carboxylic acids is 1. The number of hydrogen-bond acceptors (Lipinski definition) is 2. The maximum absolute atomic E-state index is 12.7. The second-order valence-corrected chi connectivity index (χ2v) is 8.17. The van der Waals surface area contributed by atoms with E-state index in [1.807, 2.05) is 44.0 Å². The number of piperidine rings is 1. The molecule has 2 amide bonds. The van der Waals surface area contributed by atoms with Crippen molar-refractivity contribution in [2.24, 2.45) is 5.41 Å². The highest BCUT2D eigenvalue weighted by Crippen LogP contribution is 2.32. The molecule has 1 aromatic carbocycles. The first-order chi connectivity index (χ1) is 11.1. The molecule has 1 N–H and O–H groups in total. The van der Waals surface area contributed by atoms with Crippen molar-refractivity contribution < 1.29 is 4.79 Å². The number of rotatable bonds is 3. The third-order valence-electron chi connectivity index (χ3n) is 5.18. The Bertz CT molecular complexity index is 602.